The summed E-state index contributed by atoms with van der Waals surface area (Å²) in [7, 11) is -3.57. The van der Waals surface area contributed by atoms with Crippen molar-refractivity contribution in [2.75, 3.05) is 10.5 Å². The Labute approximate surface area is 80.8 Å². The lowest BCUT2D eigenvalue weighted by Crippen LogP contribution is -2.15. The highest BCUT2D eigenvalue weighted by Crippen LogP contribution is 2.17. The monoisotopic (exact) mass is 221 g/mol. The molecule has 0 aliphatic heterocycles. The van der Waals surface area contributed by atoms with Crippen LogP contribution in [0.4, 0.5) is 14.5 Å². The number of halogens is 2. The highest BCUT2D eigenvalue weighted by atomic mass is 32.2. The van der Waals surface area contributed by atoms with E-state index < -0.39 is 21.7 Å². The van der Waals surface area contributed by atoms with Gasteiger partial charge in [-0.25, -0.2) is 17.2 Å². The van der Waals surface area contributed by atoms with Crippen molar-refractivity contribution in [3.8, 4) is 0 Å². The summed E-state index contributed by atoms with van der Waals surface area (Å²) in [6, 6.07) is 3.30. The zero-order valence-corrected chi connectivity index (χ0v) is 8.24. The first-order chi connectivity index (χ1) is 6.46. The van der Waals surface area contributed by atoms with Gasteiger partial charge in [0.2, 0.25) is 10.0 Å². The normalized spacial score (nSPS) is 11.4. The second-order valence-electron chi connectivity index (χ2n) is 2.61. The van der Waals surface area contributed by atoms with Crippen LogP contribution in [0, 0.1) is 11.6 Å². The average molecular weight is 221 g/mol. The van der Waals surface area contributed by atoms with Gasteiger partial charge < -0.3 is 0 Å². The van der Waals surface area contributed by atoms with Gasteiger partial charge in [-0.2, -0.15) is 0 Å². The number of nitrogens with one attached hydrogen (secondary N) is 1. The number of anilines is 1. The number of hydrogen-bond donors (Lipinski definition) is 1. The minimum Gasteiger partial charge on any atom is -0.280 e. The first-order valence-corrected chi connectivity index (χ1v) is 5.56. The molecule has 1 aromatic carbocycles. The molecule has 0 saturated carbocycles. The molecule has 0 amide bonds. The van der Waals surface area contributed by atoms with E-state index >= 15 is 0 Å². The zero-order valence-electron chi connectivity index (χ0n) is 7.42. The molecular weight excluding hydrogens is 212 g/mol. The highest BCUT2D eigenvalue weighted by Gasteiger charge is 2.12. The predicted molar refractivity (Wildman–Crippen MR) is 49.4 cm³/mol. The third kappa shape index (κ3) is 2.41. The Hall–Kier alpha value is -1.17. The van der Waals surface area contributed by atoms with Crippen LogP contribution in [-0.4, -0.2) is 14.2 Å². The van der Waals surface area contributed by atoms with Gasteiger partial charge in [0.05, 0.1) is 11.4 Å². The lowest BCUT2D eigenvalue weighted by molar-refractivity contribution is 0.511. The van der Waals surface area contributed by atoms with Crippen molar-refractivity contribution in [2.45, 2.75) is 6.92 Å². The quantitative estimate of drug-likeness (QED) is 0.844. The molecule has 0 bridgehead atoms. The third-order valence-electron chi connectivity index (χ3n) is 1.60. The highest BCUT2D eigenvalue weighted by molar-refractivity contribution is 7.92. The summed E-state index contributed by atoms with van der Waals surface area (Å²) in [5, 5.41) is 0. The van der Waals surface area contributed by atoms with Gasteiger partial charge in [-0.1, -0.05) is 6.07 Å². The molecule has 0 atom stereocenters. The Morgan fingerprint density at radius 3 is 2.57 bits per heavy atom. The smallest absolute Gasteiger partial charge is 0.232 e. The summed E-state index contributed by atoms with van der Waals surface area (Å²) in [6.07, 6.45) is 0. The summed E-state index contributed by atoms with van der Waals surface area (Å²) in [5.41, 5.74) is -0.369. The molecule has 0 aliphatic carbocycles. The Kier molecular flexibility index (Phi) is 3.05. The summed E-state index contributed by atoms with van der Waals surface area (Å²) >= 11 is 0. The van der Waals surface area contributed by atoms with E-state index in [4.69, 9.17) is 0 Å². The molecule has 0 spiro atoms. The average Bonchev–Trinajstić information content (AvgIpc) is 2.13. The fraction of sp³-hybridized carbons (Fsp3) is 0.250. The number of sulfonamides is 1. The molecular formula is C8H9F2NO2S. The van der Waals surface area contributed by atoms with Gasteiger partial charge in [-0.3, -0.25) is 4.72 Å². The van der Waals surface area contributed by atoms with E-state index in [1.54, 1.807) is 0 Å². The second-order valence-corrected chi connectivity index (χ2v) is 4.62. The van der Waals surface area contributed by atoms with Gasteiger partial charge >= 0.3 is 0 Å². The Morgan fingerprint density at radius 2 is 2.00 bits per heavy atom. The summed E-state index contributed by atoms with van der Waals surface area (Å²) in [6.45, 7) is 1.40. The van der Waals surface area contributed by atoms with Crippen LogP contribution in [0.2, 0.25) is 0 Å². The predicted octanol–water partition coefficient (Wildman–Crippen LogP) is 1.73. The molecule has 14 heavy (non-hydrogen) atoms. The second kappa shape index (κ2) is 3.91. The fourth-order valence-corrected chi connectivity index (χ4v) is 1.46. The summed E-state index contributed by atoms with van der Waals surface area (Å²) in [5.74, 6) is -2.46. The van der Waals surface area contributed by atoms with Crippen LogP contribution >= 0.6 is 0 Å². The standard InChI is InChI=1S/C8H9F2NO2S/c1-2-14(12,13)11-7-5-3-4-6(9)8(7)10/h3-5,11H,2H2,1H3. The first kappa shape index (κ1) is 10.9. The molecule has 0 radical (unpaired) electrons. The topological polar surface area (TPSA) is 46.2 Å². The fourth-order valence-electron chi connectivity index (χ4n) is 0.822. The molecule has 78 valence electrons. The van der Waals surface area contributed by atoms with E-state index in [0.29, 0.717) is 0 Å². The molecule has 0 aromatic heterocycles. The van der Waals surface area contributed by atoms with Gasteiger partial charge in [0.15, 0.2) is 11.6 Å². The third-order valence-corrected chi connectivity index (χ3v) is 2.89. The molecule has 1 N–H and O–H groups in total. The molecule has 0 aliphatic rings. The molecule has 3 nitrogen and oxygen atoms in total. The van der Waals surface area contributed by atoms with Crippen LogP contribution in [0.25, 0.3) is 0 Å². The Morgan fingerprint density at radius 1 is 1.36 bits per heavy atom. The molecule has 1 aromatic rings. The largest absolute Gasteiger partial charge is 0.280 e. The van der Waals surface area contributed by atoms with Crippen molar-refractivity contribution < 1.29 is 17.2 Å². The maximum atomic E-state index is 13.0. The molecule has 0 unspecified atom stereocenters. The van der Waals surface area contributed by atoms with Crippen LogP contribution in [0.5, 0.6) is 0 Å². The van der Waals surface area contributed by atoms with Gasteiger partial charge in [0.25, 0.3) is 0 Å². The van der Waals surface area contributed by atoms with Crippen molar-refractivity contribution >= 4 is 15.7 Å². The molecule has 1 rings (SSSR count). The Bertz CT molecular complexity index is 431. The number of benzene rings is 1. The molecule has 6 heteroatoms. The van der Waals surface area contributed by atoms with Crippen LogP contribution in [0.1, 0.15) is 6.92 Å². The first-order valence-electron chi connectivity index (χ1n) is 3.91. The van der Waals surface area contributed by atoms with E-state index in [0.717, 1.165) is 12.1 Å². The van der Waals surface area contributed by atoms with Crippen LogP contribution in [0.3, 0.4) is 0 Å². The van der Waals surface area contributed by atoms with E-state index in [1.165, 1.54) is 13.0 Å². The van der Waals surface area contributed by atoms with Gasteiger partial charge in [0, 0.05) is 0 Å². The van der Waals surface area contributed by atoms with E-state index in [9.17, 15) is 17.2 Å². The number of rotatable bonds is 3. The van der Waals surface area contributed by atoms with Gasteiger partial charge in [-0.15, -0.1) is 0 Å². The minimum absolute atomic E-state index is 0.192. The van der Waals surface area contributed by atoms with Crippen LogP contribution < -0.4 is 4.72 Å². The van der Waals surface area contributed by atoms with Crippen molar-refractivity contribution in [1.29, 1.82) is 0 Å². The maximum Gasteiger partial charge on any atom is 0.232 e. The van der Waals surface area contributed by atoms with Crippen LogP contribution in [-0.2, 0) is 10.0 Å². The molecule has 0 heterocycles. The van der Waals surface area contributed by atoms with E-state index in [2.05, 4.69) is 0 Å². The SMILES string of the molecule is CCS(=O)(=O)Nc1cccc(F)c1F. The van der Waals surface area contributed by atoms with Crippen molar-refractivity contribution in [2.24, 2.45) is 0 Å². The Balaban J connectivity index is 3.05. The van der Waals surface area contributed by atoms with Gasteiger partial charge in [0.1, 0.15) is 0 Å². The summed E-state index contributed by atoms with van der Waals surface area (Å²) in [4.78, 5) is 0. The van der Waals surface area contributed by atoms with E-state index in [1.807, 2.05) is 4.72 Å². The lowest BCUT2D eigenvalue weighted by atomic mass is 10.3. The lowest BCUT2D eigenvalue weighted by Gasteiger charge is -2.06. The van der Waals surface area contributed by atoms with Crippen molar-refractivity contribution in [3.63, 3.8) is 0 Å². The zero-order chi connectivity index (χ0) is 10.8. The minimum atomic E-state index is -3.57. The number of hydrogen-bond acceptors (Lipinski definition) is 2. The van der Waals surface area contributed by atoms with E-state index in [-0.39, 0.29) is 11.4 Å². The molecule has 0 saturated heterocycles. The van der Waals surface area contributed by atoms with Crippen molar-refractivity contribution in [1.82, 2.24) is 0 Å². The molecule has 0 fully saturated rings. The van der Waals surface area contributed by atoms with Crippen molar-refractivity contribution in [3.05, 3.63) is 29.8 Å². The van der Waals surface area contributed by atoms with Gasteiger partial charge in [-0.05, 0) is 19.1 Å². The van der Waals surface area contributed by atoms with Crippen LogP contribution in [0.15, 0.2) is 18.2 Å². The maximum absolute atomic E-state index is 13.0. The summed E-state index contributed by atoms with van der Waals surface area (Å²) < 4.78 is 49.6.